The zero-order valence-corrected chi connectivity index (χ0v) is 12.4. The summed E-state index contributed by atoms with van der Waals surface area (Å²) in [6, 6.07) is 8.44. The van der Waals surface area contributed by atoms with Crippen molar-refractivity contribution < 1.29 is 4.79 Å². The third-order valence-electron chi connectivity index (χ3n) is 4.18. The molecule has 0 spiro atoms. The summed E-state index contributed by atoms with van der Waals surface area (Å²) in [4.78, 5) is 12.2. The molecule has 19 heavy (non-hydrogen) atoms. The summed E-state index contributed by atoms with van der Waals surface area (Å²) < 4.78 is 1.08. The molecule has 3 unspecified atom stereocenters. The zero-order valence-electron chi connectivity index (χ0n) is 10.8. The molecule has 0 radical (unpaired) electrons. The molecule has 3 atom stereocenters. The maximum Gasteiger partial charge on any atom is 0.224 e. The minimum atomic E-state index is 0.141. The van der Waals surface area contributed by atoms with E-state index in [0.717, 1.165) is 10.9 Å². The van der Waals surface area contributed by atoms with Crippen molar-refractivity contribution in [1.29, 1.82) is 0 Å². The van der Waals surface area contributed by atoms with Crippen LogP contribution in [0.1, 0.15) is 30.7 Å². The first kappa shape index (κ1) is 13.1. The van der Waals surface area contributed by atoms with E-state index in [2.05, 4.69) is 33.4 Å². The van der Waals surface area contributed by atoms with Crippen LogP contribution in [0.4, 0.5) is 0 Å². The summed E-state index contributed by atoms with van der Waals surface area (Å²) in [7, 11) is 0. The van der Waals surface area contributed by atoms with E-state index in [4.69, 9.17) is 5.73 Å². The van der Waals surface area contributed by atoms with Gasteiger partial charge < -0.3 is 11.1 Å². The minimum Gasteiger partial charge on any atom is -0.352 e. The van der Waals surface area contributed by atoms with E-state index in [9.17, 15) is 4.79 Å². The quantitative estimate of drug-likeness (QED) is 0.874. The van der Waals surface area contributed by atoms with Crippen LogP contribution in [-0.2, 0) is 4.79 Å². The Kier molecular flexibility index (Phi) is 3.63. The number of hydrogen-bond donors (Lipinski definition) is 2. The van der Waals surface area contributed by atoms with E-state index < -0.39 is 0 Å². The van der Waals surface area contributed by atoms with Crippen molar-refractivity contribution in [2.24, 2.45) is 17.6 Å². The standard InChI is InChI=1S/C15H19BrN2O/c16-11-3-1-2-10(6-11)12-7-13(12)15(19)18-14(8-17)9-4-5-9/h1-3,6,9,12-14H,4-5,7-8,17H2,(H,18,19). The number of halogens is 1. The lowest BCUT2D eigenvalue weighted by Gasteiger charge is -2.16. The summed E-state index contributed by atoms with van der Waals surface area (Å²) in [5, 5.41) is 3.13. The number of nitrogens with two attached hydrogens (primary N) is 1. The van der Waals surface area contributed by atoms with Gasteiger partial charge in [0.1, 0.15) is 0 Å². The molecule has 2 fully saturated rings. The molecule has 0 saturated heterocycles. The molecule has 2 aliphatic carbocycles. The summed E-state index contributed by atoms with van der Waals surface area (Å²) in [6.45, 7) is 0.560. The molecule has 2 saturated carbocycles. The molecule has 0 heterocycles. The molecule has 0 bridgehead atoms. The summed E-state index contributed by atoms with van der Waals surface area (Å²) >= 11 is 3.48. The molecule has 0 aliphatic heterocycles. The Morgan fingerprint density at radius 2 is 2.26 bits per heavy atom. The van der Waals surface area contributed by atoms with E-state index in [-0.39, 0.29) is 17.9 Å². The van der Waals surface area contributed by atoms with Gasteiger partial charge in [-0.25, -0.2) is 0 Å². The summed E-state index contributed by atoms with van der Waals surface area (Å²) in [6.07, 6.45) is 3.38. The summed E-state index contributed by atoms with van der Waals surface area (Å²) in [5.41, 5.74) is 6.98. The molecule has 3 N–H and O–H groups in total. The van der Waals surface area contributed by atoms with Crippen LogP contribution in [0.15, 0.2) is 28.7 Å². The van der Waals surface area contributed by atoms with Crippen LogP contribution >= 0.6 is 15.9 Å². The van der Waals surface area contributed by atoms with Gasteiger partial charge in [-0.3, -0.25) is 4.79 Å². The van der Waals surface area contributed by atoms with Gasteiger partial charge in [-0.05, 0) is 48.8 Å². The lowest BCUT2D eigenvalue weighted by Crippen LogP contribution is -2.42. The first-order chi connectivity index (χ1) is 9.19. The maximum absolute atomic E-state index is 12.2. The van der Waals surface area contributed by atoms with Gasteiger partial charge in [0, 0.05) is 23.0 Å². The third kappa shape index (κ3) is 3.00. The van der Waals surface area contributed by atoms with Crippen LogP contribution in [0.2, 0.25) is 0 Å². The first-order valence-corrected chi connectivity index (χ1v) is 7.74. The van der Waals surface area contributed by atoms with Crippen molar-refractivity contribution in [2.45, 2.75) is 31.2 Å². The van der Waals surface area contributed by atoms with E-state index in [1.54, 1.807) is 0 Å². The van der Waals surface area contributed by atoms with Crippen LogP contribution in [0.3, 0.4) is 0 Å². The topological polar surface area (TPSA) is 55.1 Å². The van der Waals surface area contributed by atoms with Crippen molar-refractivity contribution in [1.82, 2.24) is 5.32 Å². The smallest absolute Gasteiger partial charge is 0.224 e. The Balaban J connectivity index is 1.58. The Morgan fingerprint density at radius 1 is 1.47 bits per heavy atom. The van der Waals surface area contributed by atoms with Gasteiger partial charge in [0.25, 0.3) is 0 Å². The fourth-order valence-corrected chi connectivity index (χ4v) is 3.16. The molecular formula is C15H19BrN2O. The highest BCUT2D eigenvalue weighted by Gasteiger charge is 2.45. The highest BCUT2D eigenvalue weighted by atomic mass is 79.9. The largest absolute Gasteiger partial charge is 0.352 e. The second-order valence-corrected chi connectivity index (χ2v) is 6.61. The number of rotatable bonds is 5. The monoisotopic (exact) mass is 322 g/mol. The normalized spacial score (nSPS) is 26.8. The van der Waals surface area contributed by atoms with Crippen LogP contribution in [0.25, 0.3) is 0 Å². The molecule has 1 aromatic rings. The second-order valence-electron chi connectivity index (χ2n) is 5.69. The predicted molar refractivity (Wildman–Crippen MR) is 78.7 cm³/mol. The van der Waals surface area contributed by atoms with Crippen LogP contribution in [0.5, 0.6) is 0 Å². The Labute approximate surface area is 122 Å². The molecule has 1 amide bonds. The number of hydrogen-bond acceptors (Lipinski definition) is 2. The van der Waals surface area contributed by atoms with E-state index in [0.29, 0.717) is 18.4 Å². The molecule has 3 nitrogen and oxygen atoms in total. The SMILES string of the molecule is NCC(NC(=O)C1CC1c1cccc(Br)c1)C1CC1. The summed E-state index contributed by atoms with van der Waals surface area (Å²) in [5.74, 6) is 1.33. The van der Waals surface area contributed by atoms with Crippen LogP contribution < -0.4 is 11.1 Å². The van der Waals surface area contributed by atoms with E-state index in [1.807, 2.05) is 12.1 Å². The van der Waals surface area contributed by atoms with Crippen LogP contribution in [0, 0.1) is 11.8 Å². The average molecular weight is 323 g/mol. The number of carbonyl (C=O) groups is 1. The fraction of sp³-hybridized carbons (Fsp3) is 0.533. The second kappa shape index (κ2) is 5.25. The number of benzene rings is 1. The van der Waals surface area contributed by atoms with Crippen molar-refractivity contribution in [3.8, 4) is 0 Å². The number of carbonyl (C=O) groups excluding carboxylic acids is 1. The highest BCUT2D eigenvalue weighted by Crippen LogP contribution is 2.48. The van der Waals surface area contributed by atoms with Gasteiger partial charge >= 0.3 is 0 Å². The van der Waals surface area contributed by atoms with Crippen molar-refractivity contribution in [3.05, 3.63) is 34.3 Å². The lowest BCUT2D eigenvalue weighted by atomic mass is 10.1. The van der Waals surface area contributed by atoms with E-state index in [1.165, 1.54) is 18.4 Å². The van der Waals surface area contributed by atoms with Gasteiger partial charge in [0.2, 0.25) is 5.91 Å². The average Bonchev–Trinajstić information content (AvgIpc) is 3.28. The van der Waals surface area contributed by atoms with Crippen molar-refractivity contribution in [3.63, 3.8) is 0 Å². The Hall–Kier alpha value is -0.870. The Morgan fingerprint density at radius 3 is 2.89 bits per heavy atom. The number of nitrogens with one attached hydrogen (secondary N) is 1. The maximum atomic E-state index is 12.2. The zero-order chi connectivity index (χ0) is 13.4. The molecule has 102 valence electrons. The number of amides is 1. The van der Waals surface area contributed by atoms with Crippen molar-refractivity contribution in [2.75, 3.05) is 6.54 Å². The third-order valence-corrected chi connectivity index (χ3v) is 4.67. The molecular weight excluding hydrogens is 304 g/mol. The minimum absolute atomic E-state index is 0.141. The van der Waals surface area contributed by atoms with Gasteiger partial charge in [-0.2, -0.15) is 0 Å². The molecule has 3 rings (SSSR count). The fourth-order valence-electron chi connectivity index (χ4n) is 2.75. The van der Waals surface area contributed by atoms with Gasteiger partial charge in [-0.15, -0.1) is 0 Å². The predicted octanol–water partition coefficient (Wildman–Crippen LogP) is 2.41. The highest BCUT2D eigenvalue weighted by molar-refractivity contribution is 9.10. The molecule has 1 aromatic carbocycles. The van der Waals surface area contributed by atoms with Gasteiger partial charge in [0.05, 0.1) is 0 Å². The Bertz CT molecular complexity index is 487. The lowest BCUT2D eigenvalue weighted by molar-refractivity contribution is -0.123. The van der Waals surface area contributed by atoms with Gasteiger partial charge in [0.15, 0.2) is 0 Å². The molecule has 4 heteroatoms. The van der Waals surface area contributed by atoms with Crippen molar-refractivity contribution >= 4 is 21.8 Å². The van der Waals surface area contributed by atoms with E-state index >= 15 is 0 Å². The van der Waals surface area contributed by atoms with Gasteiger partial charge in [-0.1, -0.05) is 28.1 Å². The first-order valence-electron chi connectivity index (χ1n) is 6.95. The molecule has 0 aromatic heterocycles. The molecule has 2 aliphatic rings. The van der Waals surface area contributed by atoms with Crippen LogP contribution in [-0.4, -0.2) is 18.5 Å².